The van der Waals surface area contributed by atoms with Crippen molar-refractivity contribution in [3.05, 3.63) is 70.4 Å². The Bertz CT molecular complexity index is 1330. The summed E-state index contributed by atoms with van der Waals surface area (Å²) in [7, 11) is 0. The second kappa shape index (κ2) is 9.79. The van der Waals surface area contributed by atoms with Gasteiger partial charge in [-0.3, -0.25) is 24.3 Å². The van der Waals surface area contributed by atoms with Crippen molar-refractivity contribution >= 4 is 51.2 Å². The predicted molar refractivity (Wildman–Crippen MR) is 135 cm³/mol. The van der Waals surface area contributed by atoms with Gasteiger partial charge in [0.1, 0.15) is 17.3 Å². The van der Waals surface area contributed by atoms with Crippen LogP contribution in [0.4, 0.5) is 16.4 Å². The number of hydrogen-bond acceptors (Lipinski definition) is 7. The lowest BCUT2D eigenvalue weighted by atomic mass is 9.95. The number of nitrogens with zero attached hydrogens (tertiary/aromatic N) is 3. The topological polar surface area (TPSA) is 101 Å². The monoisotopic (exact) mass is 488 g/mol. The van der Waals surface area contributed by atoms with E-state index in [1.165, 1.54) is 16.2 Å². The molecule has 3 heterocycles. The fourth-order valence-corrected chi connectivity index (χ4v) is 5.72. The molecule has 0 spiro atoms. The summed E-state index contributed by atoms with van der Waals surface area (Å²) < 4.78 is 5.05. The lowest BCUT2D eigenvalue weighted by molar-refractivity contribution is -0.142. The summed E-state index contributed by atoms with van der Waals surface area (Å²) in [6.07, 6.45) is 6.98. The van der Waals surface area contributed by atoms with Crippen LogP contribution in [0, 0.1) is 0 Å². The summed E-state index contributed by atoms with van der Waals surface area (Å²) in [5, 5.41) is 3.43. The Hall–Kier alpha value is -3.85. The number of pyridine rings is 1. The first kappa shape index (κ1) is 22.9. The molecule has 2 aliphatic rings. The summed E-state index contributed by atoms with van der Waals surface area (Å²) in [5.74, 6) is -1.14. The van der Waals surface area contributed by atoms with E-state index in [0.29, 0.717) is 27.5 Å². The Balaban J connectivity index is 1.56. The van der Waals surface area contributed by atoms with Gasteiger partial charge in [-0.25, -0.2) is 4.99 Å². The maximum atomic E-state index is 13.4. The average Bonchev–Trinajstić information content (AvgIpc) is 3.36. The number of rotatable bonds is 6. The van der Waals surface area contributed by atoms with Crippen LogP contribution in [-0.4, -0.2) is 41.6 Å². The third kappa shape index (κ3) is 4.46. The number of hydrogen-bond donors (Lipinski definition) is 1. The number of para-hydroxylation sites is 1. The number of fused-ring (bicyclic) bond motifs is 2. The molecule has 0 saturated heterocycles. The number of thiophene rings is 1. The molecule has 2 aromatic heterocycles. The Kier molecular flexibility index (Phi) is 6.41. The minimum atomic E-state index is -0.486. The Morgan fingerprint density at radius 3 is 2.80 bits per heavy atom. The van der Waals surface area contributed by atoms with Crippen molar-refractivity contribution < 1.29 is 19.1 Å². The highest BCUT2D eigenvalue weighted by Crippen LogP contribution is 2.41. The smallest absolute Gasteiger partial charge is 0.326 e. The summed E-state index contributed by atoms with van der Waals surface area (Å²) in [4.78, 5) is 50.3. The van der Waals surface area contributed by atoms with E-state index in [2.05, 4.69) is 10.3 Å². The van der Waals surface area contributed by atoms with Crippen molar-refractivity contribution in [1.29, 1.82) is 0 Å². The van der Waals surface area contributed by atoms with Crippen LogP contribution < -0.4 is 10.2 Å². The number of aliphatic imine (C=N–C) groups is 1. The minimum absolute atomic E-state index is 0.196. The molecule has 9 heteroatoms. The Morgan fingerprint density at radius 1 is 1.17 bits per heavy atom. The number of ether oxygens (including phenoxy) is 1. The lowest BCUT2D eigenvalue weighted by Crippen LogP contribution is -2.35. The molecular weight excluding hydrogens is 464 g/mol. The van der Waals surface area contributed by atoms with Gasteiger partial charge in [-0.05, 0) is 56.4 Å². The predicted octanol–water partition coefficient (Wildman–Crippen LogP) is 4.30. The van der Waals surface area contributed by atoms with Crippen molar-refractivity contribution in [1.82, 2.24) is 4.98 Å². The third-order valence-corrected chi connectivity index (χ3v) is 7.19. The molecule has 1 aliphatic carbocycles. The quantitative estimate of drug-likeness (QED) is 0.521. The van der Waals surface area contributed by atoms with E-state index < -0.39 is 5.97 Å². The average molecular weight is 489 g/mol. The second-order valence-corrected chi connectivity index (χ2v) is 9.34. The van der Waals surface area contributed by atoms with Crippen molar-refractivity contribution in [2.24, 2.45) is 4.99 Å². The van der Waals surface area contributed by atoms with Gasteiger partial charge in [0, 0.05) is 16.6 Å². The maximum absolute atomic E-state index is 13.4. The number of nitrogens with one attached hydrogen (secondary N) is 1. The highest BCUT2D eigenvalue weighted by atomic mass is 32.1. The van der Waals surface area contributed by atoms with Crippen molar-refractivity contribution in [3.8, 4) is 0 Å². The zero-order chi connectivity index (χ0) is 24.4. The fraction of sp³-hybridized carbons (Fsp3) is 0.269. The first-order valence-corrected chi connectivity index (χ1v) is 12.4. The van der Waals surface area contributed by atoms with Crippen LogP contribution in [0.5, 0.6) is 0 Å². The molecular formula is C26H24N4O4S. The highest BCUT2D eigenvalue weighted by molar-refractivity contribution is 7.16. The first-order chi connectivity index (χ1) is 17.1. The molecule has 2 amide bonds. The Morgan fingerprint density at radius 2 is 2.00 bits per heavy atom. The van der Waals surface area contributed by atoms with Crippen LogP contribution in [0.3, 0.4) is 0 Å². The van der Waals surface area contributed by atoms with E-state index in [9.17, 15) is 14.4 Å². The first-order valence-electron chi connectivity index (χ1n) is 11.6. The summed E-state index contributed by atoms with van der Waals surface area (Å²) in [6, 6.07) is 10.8. The van der Waals surface area contributed by atoms with E-state index >= 15 is 0 Å². The van der Waals surface area contributed by atoms with Crippen LogP contribution in [0.1, 0.15) is 46.1 Å². The number of anilines is 2. The van der Waals surface area contributed by atoms with Gasteiger partial charge in [-0.2, -0.15) is 0 Å². The van der Waals surface area contributed by atoms with E-state index in [4.69, 9.17) is 9.73 Å². The standard InChI is InChI=1S/C26H24N4O4S/c1-2-34-21(31)15-30-19-11-5-3-9-17(19)23(26(30)33)29-25-22(18-10-4-6-12-20(18)35-25)24(32)28-16-8-7-13-27-14-16/h3,5,7-9,11,13-14H,2,4,6,10,12,15H2,1H3,(H,28,32). The van der Waals surface area contributed by atoms with Gasteiger partial charge in [0.15, 0.2) is 0 Å². The van der Waals surface area contributed by atoms with Gasteiger partial charge < -0.3 is 10.1 Å². The fourth-order valence-electron chi connectivity index (χ4n) is 4.46. The van der Waals surface area contributed by atoms with Crippen LogP contribution in [0.25, 0.3) is 0 Å². The molecule has 1 aromatic carbocycles. The number of carbonyl (C=O) groups is 3. The number of aryl methyl sites for hydroxylation is 1. The SMILES string of the molecule is CCOC(=O)CN1C(=O)C(=Nc2sc3c(c2C(=O)Nc2cccnc2)CCCC3)c2ccccc21. The van der Waals surface area contributed by atoms with E-state index in [-0.39, 0.29) is 30.7 Å². The summed E-state index contributed by atoms with van der Waals surface area (Å²) >= 11 is 1.46. The molecule has 3 aromatic rings. The van der Waals surface area contributed by atoms with E-state index in [0.717, 1.165) is 36.1 Å². The molecule has 0 bridgehead atoms. The molecule has 0 fully saturated rings. The molecule has 1 N–H and O–H groups in total. The molecule has 1 aliphatic heterocycles. The highest BCUT2D eigenvalue weighted by Gasteiger charge is 2.36. The molecule has 0 atom stereocenters. The van der Waals surface area contributed by atoms with Gasteiger partial charge in [-0.1, -0.05) is 18.2 Å². The van der Waals surface area contributed by atoms with Crippen molar-refractivity contribution in [2.45, 2.75) is 32.6 Å². The van der Waals surface area contributed by atoms with Crippen molar-refractivity contribution in [2.75, 3.05) is 23.4 Å². The van der Waals surface area contributed by atoms with Crippen LogP contribution in [-0.2, 0) is 27.2 Å². The van der Waals surface area contributed by atoms with Crippen molar-refractivity contribution in [3.63, 3.8) is 0 Å². The van der Waals surface area contributed by atoms with Gasteiger partial charge in [0.05, 0.1) is 29.7 Å². The normalized spacial score (nSPS) is 15.6. The molecule has 178 valence electrons. The molecule has 8 nitrogen and oxygen atoms in total. The lowest BCUT2D eigenvalue weighted by Gasteiger charge is -2.15. The number of carbonyl (C=O) groups excluding carboxylic acids is 3. The number of esters is 1. The number of amides is 2. The Labute approximate surface area is 206 Å². The van der Waals surface area contributed by atoms with Crippen LogP contribution >= 0.6 is 11.3 Å². The molecule has 0 radical (unpaired) electrons. The summed E-state index contributed by atoms with van der Waals surface area (Å²) in [5.41, 5.74) is 3.56. The second-order valence-electron chi connectivity index (χ2n) is 8.26. The van der Waals surface area contributed by atoms with Crippen LogP contribution in [0.15, 0.2) is 53.8 Å². The third-order valence-electron chi connectivity index (χ3n) is 6.00. The number of benzene rings is 1. The molecule has 0 saturated carbocycles. The maximum Gasteiger partial charge on any atom is 0.326 e. The van der Waals surface area contributed by atoms with E-state index in [1.54, 1.807) is 43.6 Å². The minimum Gasteiger partial charge on any atom is -0.465 e. The largest absolute Gasteiger partial charge is 0.465 e. The van der Waals surface area contributed by atoms with Gasteiger partial charge in [0.2, 0.25) is 0 Å². The summed E-state index contributed by atoms with van der Waals surface area (Å²) in [6.45, 7) is 1.76. The zero-order valence-electron chi connectivity index (χ0n) is 19.2. The molecule has 35 heavy (non-hydrogen) atoms. The van der Waals surface area contributed by atoms with Gasteiger partial charge >= 0.3 is 5.97 Å². The van der Waals surface area contributed by atoms with Crippen LogP contribution in [0.2, 0.25) is 0 Å². The van der Waals surface area contributed by atoms with E-state index in [1.807, 2.05) is 12.1 Å². The number of aromatic nitrogens is 1. The zero-order valence-corrected chi connectivity index (χ0v) is 20.1. The van der Waals surface area contributed by atoms with Gasteiger partial charge in [-0.15, -0.1) is 11.3 Å². The van der Waals surface area contributed by atoms with Gasteiger partial charge in [0.25, 0.3) is 11.8 Å². The molecule has 5 rings (SSSR count). The molecule has 0 unspecified atom stereocenters.